The Kier molecular flexibility index (Phi) is 3.24. The van der Waals surface area contributed by atoms with Crippen LogP contribution in [0.5, 0.6) is 0 Å². The smallest absolute Gasteiger partial charge is 0.153 e. The number of rotatable bonds is 2. The van der Waals surface area contributed by atoms with Crippen LogP contribution in [0.2, 0.25) is 13.1 Å². The molecule has 0 aliphatic heterocycles. The summed E-state index contributed by atoms with van der Waals surface area (Å²) < 4.78 is 5.89. The van der Waals surface area contributed by atoms with Gasteiger partial charge in [0, 0.05) is 11.0 Å². The molecule has 0 saturated carbocycles. The van der Waals surface area contributed by atoms with Crippen molar-refractivity contribution >= 4 is 20.5 Å². The lowest BCUT2D eigenvalue weighted by atomic mass is 9.90. The van der Waals surface area contributed by atoms with E-state index in [2.05, 4.69) is 33.9 Å². The molecule has 0 spiro atoms. The summed E-state index contributed by atoms with van der Waals surface area (Å²) in [5.74, 6) is 0.959. The average Bonchev–Trinajstić information content (AvgIpc) is 2.41. The third-order valence-corrected chi connectivity index (χ3v) is 4.02. The lowest BCUT2D eigenvalue weighted by Gasteiger charge is -2.16. The van der Waals surface area contributed by atoms with Crippen LogP contribution in [-0.2, 0) is 5.41 Å². The van der Waals surface area contributed by atoms with Gasteiger partial charge in [-0.25, -0.2) is 0 Å². The van der Waals surface area contributed by atoms with Crippen molar-refractivity contribution in [1.82, 2.24) is 0 Å². The zero-order valence-corrected chi connectivity index (χ0v) is 11.6. The summed E-state index contributed by atoms with van der Waals surface area (Å²) in [6.07, 6.45) is 0.941. The van der Waals surface area contributed by atoms with Crippen LogP contribution in [0, 0.1) is 6.92 Å². The Morgan fingerprint density at radius 2 is 1.80 bits per heavy atom. The maximum Gasteiger partial charge on any atom is 0.153 e. The molecule has 1 aromatic heterocycles. The molecule has 0 fully saturated rings. The van der Waals surface area contributed by atoms with Crippen LogP contribution in [0.25, 0.3) is 0 Å². The second-order valence-electron chi connectivity index (χ2n) is 5.36. The molecule has 0 radical (unpaired) electrons. The Balaban J connectivity index is 3.40. The summed E-state index contributed by atoms with van der Waals surface area (Å²) in [4.78, 5) is 11.1. The maximum atomic E-state index is 11.1. The Hall–Kier alpha value is -0.833. The highest BCUT2D eigenvalue weighted by atomic mass is 28.3. The monoisotopic (exact) mass is 224 g/mol. The molecule has 0 saturated heterocycles. The molecule has 84 valence electrons. The summed E-state index contributed by atoms with van der Waals surface area (Å²) >= 11 is 0. The minimum absolute atomic E-state index is 0.0244. The number of carbonyl (C=O) groups is 1. The van der Waals surface area contributed by atoms with Crippen molar-refractivity contribution in [3.63, 3.8) is 0 Å². The van der Waals surface area contributed by atoms with Crippen LogP contribution in [0.15, 0.2) is 4.42 Å². The van der Waals surface area contributed by atoms with E-state index in [-0.39, 0.29) is 5.41 Å². The van der Waals surface area contributed by atoms with Crippen LogP contribution in [-0.4, -0.2) is 15.1 Å². The first kappa shape index (κ1) is 12.2. The fraction of sp³-hybridized carbons (Fsp3) is 0.583. The summed E-state index contributed by atoms with van der Waals surface area (Å²) in [5, 5.41) is 0.951. The highest BCUT2D eigenvalue weighted by Crippen LogP contribution is 2.27. The quantitative estimate of drug-likeness (QED) is 0.570. The van der Waals surface area contributed by atoms with Crippen LogP contribution < -0.4 is 5.38 Å². The van der Waals surface area contributed by atoms with Crippen molar-refractivity contribution in [2.45, 2.75) is 46.2 Å². The van der Waals surface area contributed by atoms with Crippen molar-refractivity contribution < 1.29 is 9.21 Å². The molecular formula is C12H20O2Si. The second kappa shape index (κ2) is 3.97. The molecule has 0 aliphatic rings. The summed E-state index contributed by atoms with van der Waals surface area (Å²) in [6, 6.07) is 0. The summed E-state index contributed by atoms with van der Waals surface area (Å²) in [6.45, 7) is 12.7. The van der Waals surface area contributed by atoms with E-state index in [1.807, 2.05) is 6.92 Å². The van der Waals surface area contributed by atoms with Crippen LogP contribution in [0.3, 0.4) is 0 Å². The molecular weight excluding hydrogens is 204 g/mol. The highest BCUT2D eigenvalue weighted by molar-refractivity contribution is 6.70. The lowest BCUT2D eigenvalue weighted by molar-refractivity contribution is 0.112. The predicted octanol–water partition coefficient (Wildman–Crippen LogP) is 2.39. The van der Waals surface area contributed by atoms with Crippen LogP contribution in [0.1, 0.15) is 42.5 Å². The molecule has 0 aliphatic carbocycles. The van der Waals surface area contributed by atoms with Crippen molar-refractivity contribution in [2.24, 2.45) is 0 Å². The normalized spacial score (nSPS) is 12.2. The van der Waals surface area contributed by atoms with Gasteiger partial charge in [0.25, 0.3) is 0 Å². The molecule has 0 unspecified atom stereocenters. The van der Waals surface area contributed by atoms with E-state index in [0.717, 1.165) is 28.6 Å². The SMILES string of the molecule is Cc1c(C(C)(C)C)oc([SiH](C)C)c1C=O. The number of aldehydes is 1. The molecule has 0 N–H and O–H groups in total. The van der Waals surface area contributed by atoms with E-state index in [1.54, 1.807) is 0 Å². The van der Waals surface area contributed by atoms with Gasteiger partial charge in [-0.05, 0) is 6.92 Å². The largest absolute Gasteiger partial charge is 0.470 e. The summed E-state index contributed by atoms with van der Waals surface area (Å²) in [5.41, 5.74) is 1.79. The van der Waals surface area contributed by atoms with E-state index >= 15 is 0 Å². The van der Waals surface area contributed by atoms with E-state index in [1.165, 1.54) is 0 Å². The van der Waals surface area contributed by atoms with Crippen molar-refractivity contribution in [1.29, 1.82) is 0 Å². The molecule has 1 heterocycles. The minimum atomic E-state index is -1.06. The fourth-order valence-electron chi connectivity index (χ4n) is 1.84. The molecule has 1 rings (SSSR count). The molecule has 1 aromatic rings. The molecule has 0 atom stereocenters. The van der Waals surface area contributed by atoms with Gasteiger partial charge in [0.15, 0.2) is 6.29 Å². The van der Waals surface area contributed by atoms with E-state index in [4.69, 9.17) is 4.42 Å². The number of carbonyl (C=O) groups excluding carboxylic acids is 1. The molecule has 0 bridgehead atoms. The predicted molar refractivity (Wildman–Crippen MR) is 66.0 cm³/mol. The molecule has 15 heavy (non-hydrogen) atoms. The maximum absolute atomic E-state index is 11.1. The Morgan fingerprint density at radius 1 is 1.27 bits per heavy atom. The third kappa shape index (κ3) is 2.22. The molecule has 0 amide bonds. The van der Waals surface area contributed by atoms with Gasteiger partial charge in [-0.3, -0.25) is 4.79 Å². The lowest BCUT2D eigenvalue weighted by Crippen LogP contribution is -2.24. The van der Waals surface area contributed by atoms with Gasteiger partial charge in [-0.15, -0.1) is 0 Å². The van der Waals surface area contributed by atoms with Crippen LogP contribution >= 0.6 is 0 Å². The highest BCUT2D eigenvalue weighted by Gasteiger charge is 2.26. The van der Waals surface area contributed by atoms with Gasteiger partial charge in [-0.1, -0.05) is 33.9 Å². The number of hydrogen-bond donors (Lipinski definition) is 0. The first-order valence-electron chi connectivity index (χ1n) is 5.38. The Morgan fingerprint density at radius 3 is 2.07 bits per heavy atom. The van der Waals surface area contributed by atoms with Gasteiger partial charge < -0.3 is 4.42 Å². The van der Waals surface area contributed by atoms with E-state index in [9.17, 15) is 4.79 Å². The third-order valence-electron chi connectivity index (χ3n) is 2.55. The minimum Gasteiger partial charge on any atom is -0.470 e. The second-order valence-corrected chi connectivity index (χ2v) is 8.19. The van der Waals surface area contributed by atoms with Gasteiger partial charge in [-0.2, -0.15) is 0 Å². The summed E-state index contributed by atoms with van der Waals surface area (Å²) in [7, 11) is -1.06. The Labute approximate surface area is 93.3 Å². The van der Waals surface area contributed by atoms with Gasteiger partial charge >= 0.3 is 0 Å². The average molecular weight is 224 g/mol. The first-order valence-corrected chi connectivity index (χ1v) is 8.26. The first-order chi connectivity index (χ1) is 6.79. The molecule has 0 aromatic carbocycles. The van der Waals surface area contributed by atoms with Crippen molar-refractivity contribution in [3.8, 4) is 0 Å². The van der Waals surface area contributed by atoms with Gasteiger partial charge in [0.2, 0.25) is 0 Å². The van der Waals surface area contributed by atoms with Crippen molar-refractivity contribution in [3.05, 3.63) is 16.9 Å². The molecule has 2 nitrogen and oxygen atoms in total. The zero-order valence-electron chi connectivity index (χ0n) is 10.5. The fourth-order valence-corrected chi connectivity index (χ4v) is 3.10. The number of furan rings is 1. The van der Waals surface area contributed by atoms with E-state index in [0.29, 0.717) is 0 Å². The van der Waals surface area contributed by atoms with Gasteiger partial charge in [0.05, 0.1) is 10.9 Å². The molecule has 3 heteroatoms. The van der Waals surface area contributed by atoms with Crippen LogP contribution in [0.4, 0.5) is 0 Å². The Bertz CT molecular complexity index is 370. The standard InChI is InChI=1S/C12H20O2Si/c1-8-9(7-13)11(15(5)6)14-10(8)12(2,3)4/h7,15H,1-6H3. The number of hydrogen-bond acceptors (Lipinski definition) is 2. The van der Waals surface area contributed by atoms with Gasteiger partial charge in [0.1, 0.15) is 14.6 Å². The van der Waals surface area contributed by atoms with E-state index < -0.39 is 8.80 Å². The van der Waals surface area contributed by atoms with Crippen molar-refractivity contribution in [2.75, 3.05) is 0 Å². The topological polar surface area (TPSA) is 30.2 Å². The zero-order chi connectivity index (χ0) is 11.8.